The first-order valence-electron chi connectivity index (χ1n) is 3.95. The van der Waals surface area contributed by atoms with Gasteiger partial charge in [0, 0.05) is 10.6 Å². The zero-order chi connectivity index (χ0) is 9.10. The van der Waals surface area contributed by atoms with Crippen molar-refractivity contribution in [3.8, 4) is 0 Å². The van der Waals surface area contributed by atoms with Crippen LogP contribution >= 0.6 is 11.8 Å². The van der Waals surface area contributed by atoms with Crippen LogP contribution in [0.25, 0.3) is 11.0 Å². The summed E-state index contributed by atoms with van der Waals surface area (Å²) >= 11 is 1.71. The number of aromatic amines is 1. The molecule has 13 heavy (non-hydrogen) atoms. The number of H-pyrrole nitrogens is 1. The van der Waals surface area contributed by atoms with Gasteiger partial charge in [-0.15, -0.1) is 23.4 Å². The van der Waals surface area contributed by atoms with E-state index in [-0.39, 0.29) is 0 Å². The molecule has 0 saturated carbocycles. The van der Waals surface area contributed by atoms with Crippen molar-refractivity contribution in [1.82, 2.24) is 15.4 Å². The first-order valence-corrected chi connectivity index (χ1v) is 4.94. The number of benzene rings is 1. The molecule has 0 spiro atoms. The van der Waals surface area contributed by atoms with Crippen molar-refractivity contribution in [2.75, 3.05) is 5.75 Å². The summed E-state index contributed by atoms with van der Waals surface area (Å²) in [7, 11) is 0. The van der Waals surface area contributed by atoms with Crippen LogP contribution in [0.2, 0.25) is 0 Å². The largest absolute Gasteiger partial charge is 0.258 e. The molecule has 0 amide bonds. The molecule has 0 unspecified atom stereocenters. The summed E-state index contributed by atoms with van der Waals surface area (Å²) in [6.07, 6.45) is 1.88. The lowest BCUT2D eigenvalue weighted by Gasteiger charge is -1.97. The van der Waals surface area contributed by atoms with Crippen LogP contribution in [0.5, 0.6) is 0 Å². The minimum atomic E-state index is 0.895. The summed E-state index contributed by atoms with van der Waals surface area (Å²) in [6.45, 7) is 3.68. The number of nitrogens with zero attached hydrogens (tertiary/aromatic N) is 2. The number of aromatic nitrogens is 3. The Labute approximate surface area is 80.2 Å². The summed E-state index contributed by atoms with van der Waals surface area (Å²) in [5, 5.41) is 10.6. The van der Waals surface area contributed by atoms with E-state index < -0.39 is 0 Å². The zero-order valence-electron chi connectivity index (χ0n) is 7.03. The molecule has 66 valence electrons. The lowest BCUT2D eigenvalue weighted by Crippen LogP contribution is -1.77. The van der Waals surface area contributed by atoms with Gasteiger partial charge in [0.25, 0.3) is 0 Å². The zero-order valence-corrected chi connectivity index (χ0v) is 7.84. The molecule has 1 aromatic carbocycles. The summed E-state index contributed by atoms with van der Waals surface area (Å²) in [5.41, 5.74) is 1.92. The second-order valence-corrected chi connectivity index (χ2v) is 3.63. The van der Waals surface area contributed by atoms with E-state index in [1.54, 1.807) is 11.8 Å². The van der Waals surface area contributed by atoms with Gasteiger partial charge in [-0.1, -0.05) is 17.4 Å². The third kappa shape index (κ3) is 1.58. The molecule has 0 fully saturated rings. The maximum absolute atomic E-state index is 4.01. The third-order valence-corrected chi connectivity index (χ3v) is 2.72. The summed E-state index contributed by atoms with van der Waals surface area (Å²) in [4.78, 5) is 1.14. The van der Waals surface area contributed by atoms with E-state index in [4.69, 9.17) is 0 Å². The first kappa shape index (κ1) is 8.31. The molecule has 3 nitrogen and oxygen atoms in total. The molecular weight excluding hydrogens is 182 g/mol. The minimum absolute atomic E-state index is 0.895. The Balaban J connectivity index is 2.42. The van der Waals surface area contributed by atoms with Crippen LogP contribution in [0.4, 0.5) is 0 Å². The molecule has 0 bridgehead atoms. The highest BCUT2D eigenvalue weighted by atomic mass is 32.2. The predicted octanol–water partition coefficient (Wildman–Crippen LogP) is 2.24. The van der Waals surface area contributed by atoms with E-state index in [2.05, 4.69) is 22.0 Å². The molecule has 0 aliphatic carbocycles. The SMILES string of the molecule is C=CCSc1cccc2[nH]nnc12. The Bertz CT molecular complexity index is 421. The van der Waals surface area contributed by atoms with Crippen LogP contribution in [0.15, 0.2) is 35.7 Å². The van der Waals surface area contributed by atoms with E-state index in [0.717, 1.165) is 21.7 Å². The third-order valence-electron chi connectivity index (χ3n) is 1.68. The van der Waals surface area contributed by atoms with E-state index >= 15 is 0 Å². The van der Waals surface area contributed by atoms with Crippen LogP contribution in [0, 0.1) is 0 Å². The smallest absolute Gasteiger partial charge is 0.126 e. The molecule has 0 aliphatic rings. The van der Waals surface area contributed by atoms with E-state index in [1.165, 1.54) is 0 Å². The van der Waals surface area contributed by atoms with Crippen molar-refractivity contribution in [1.29, 1.82) is 0 Å². The maximum Gasteiger partial charge on any atom is 0.126 e. The Morgan fingerprint density at radius 1 is 1.54 bits per heavy atom. The quantitative estimate of drug-likeness (QED) is 0.597. The van der Waals surface area contributed by atoms with E-state index in [9.17, 15) is 0 Å². The lowest BCUT2D eigenvalue weighted by molar-refractivity contribution is 0.957. The van der Waals surface area contributed by atoms with Gasteiger partial charge in [-0.2, -0.15) is 0 Å². The van der Waals surface area contributed by atoms with Gasteiger partial charge < -0.3 is 0 Å². The van der Waals surface area contributed by atoms with E-state index in [1.807, 2.05) is 24.3 Å². The molecule has 0 radical (unpaired) electrons. The number of hydrogen-bond acceptors (Lipinski definition) is 3. The van der Waals surface area contributed by atoms with Crippen molar-refractivity contribution in [2.45, 2.75) is 4.90 Å². The fraction of sp³-hybridized carbons (Fsp3) is 0.111. The van der Waals surface area contributed by atoms with Crippen LogP contribution < -0.4 is 0 Å². The van der Waals surface area contributed by atoms with Crippen molar-refractivity contribution < 1.29 is 0 Å². The van der Waals surface area contributed by atoms with Crippen molar-refractivity contribution in [2.24, 2.45) is 0 Å². The van der Waals surface area contributed by atoms with E-state index in [0.29, 0.717) is 0 Å². The van der Waals surface area contributed by atoms with Crippen molar-refractivity contribution in [3.63, 3.8) is 0 Å². The number of rotatable bonds is 3. The highest BCUT2D eigenvalue weighted by Crippen LogP contribution is 2.24. The second kappa shape index (κ2) is 3.62. The highest BCUT2D eigenvalue weighted by Gasteiger charge is 2.02. The monoisotopic (exact) mass is 191 g/mol. The number of thioether (sulfide) groups is 1. The van der Waals surface area contributed by atoms with Gasteiger partial charge in [0.1, 0.15) is 5.52 Å². The molecule has 1 N–H and O–H groups in total. The molecule has 0 saturated heterocycles. The first-order chi connectivity index (χ1) is 6.42. The van der Waals surface area contributed by atoms with Crippen LogP contribution in [0.3, 0.4) is 0 Å². The summed E-state index contributed by atoms with van der Waals surface area (Å²) in [5.74, 6) is 0.895. The molecule has 1 heterocycles. The van der Waals surface area contributed by atoms with Crippen LogP contribution in [-0.2, 0) is 0 Å². The van der Waals surface area contributed by atoms with Gasteiger partial charge in [0.2, 0.25) is 0 Å². The Morgan fingerprint density at radius 3 is 3.31 bits per heavy atom. The Morgan fingerprint density at radius 2 is 2.46 bits per heavy atom. The van der Waals surface area contributed by atoms with Gasteiger partial charge in [-0.25, -0.2) is 0 Å². The van der Waals surface area contributed by atoms with Crippen molar-refractivity contribution in [3.05, 3.63) is 30.9 Å². The fourth-order valence-electron chi connectivity index (χ4n) is 1.11. The standard InChI is InChI=1S/C9H9N3S/c1-2-6-13-8-5-3-4-7-9(8)11-12-10-7/h2-5H,1,6H2,(H,10,11,12). The number of fused-ring (bicyclic) bond motifs is 1. The summed E-state index contributed by atoms with van der Waals surface area (Å²) < 4.78 is 0. The molecule has 4 heteroatoms. The summed E-state index contributed by atoms with van der Waals surface area (Å²) in [6, 6.07) is 6.00. The predicted molar refractivity (Wildman–Crippen MR) is 54.8 cm³/mol. The van der Waals surface area contributed by atoms with Crippen LogP contribution in [-0.4, -0.2) is 21.2 Å². The average Bonchev–Trinajstić information content (AvgIpc) is 2.62. The fourth-order valence-corrected chi connectivity index (χ4v) is 1.87. The topological polar surface area (TPSA) is 41.6 Å². The van der Waals surface area contributed by atoms with Crippen LogP contribution in [0.1, 0.15) is 0 Å². The maximum atomic E-state index is 4.01. The number of hydrogen-bond donors (Lipinski definition) is 1. The van der Waals surface area contributed by atoms with Gasteiger partial charge in [0.15, 0.2) is 0 Å². The van der Waals surface area contributed by atoms with Gasteiger partial charge >= 0.3 is 0 Å². The highest BCUT2D eigenvalue weighted by molar-refractivity contribution is 7.99. The Hall–Kier alpha value is -1.29. The minimum Gasteiger partial charge on any atom is -0.258 e. The van der Waals surface area contributed by atoms with Crippen molar-refractivity contribution >= 4 is 22.8 Å². The average molecular weight is 191 g/mol. The van der Waals surface area contributed by atoms with Gasteiger partial charge in [-0.3, -0.25) is 5.10 Å². The molecule has 0 aliphatic heterocycles. The second-order valence-electron chi connectivity index (χ2n) is 2.56. The molecule has 1 aromatic heterocycles. The molecule has 0 atom stereocenters. The van der Waals surface area contributed by atoms with Gasteiger partial charge in [0.05, 0.1) is 5.52 Å². The molecule has 2 rings (SSSR count). The number of nitrogens with one attached hydrogen (secondary N) is 1. The molecular formula is C9H9N3S. The van der Waals surface area contributed by atoms with Gasteiger partial charge in [-0.05, 0) is 12.1 Å². The normalized spacial score (nSPS) is 10.5. The molecule has 2 aromatic rings. The lowest BCUT2D eigenvalue weighted by atomic mass is 10.3. The Kier molecular flexibility index (Phi) is 2.31.